The van der Waals surface area contributed by atoms with Crippen LogP contribution in [0.15, 0.2) is 170 Å². The van der Waals surface area contributed by atoms with Gasteiger partial charge in [0.05, 0.1) is 21.3 Å². The highest BCUT2D eigenvalue weighted by molar-refractivity contribution is 7.23. The Morgan fingerprint density at radius 2 is 0.808 bits per heavy atom. The van der Waals surface area contributed by atoms with E-state index in [4.69, 9.17) is 4.98 Å². The fourth-order valence-electron chi connectivity index (χ4n) is 9.01. The monoisotopic (exact) mass is 676 g/mol. The second-order valence-electron chi connectivity index (χ2n) is 13.8. The summed E-state index contributed by atoms with van der Waals surface area (Å²) in [5.41, 5.74) is 8.27. The topological polar surface area (TPSA) is 17.3 Å². The second-order valence-corrected chi connectivity index (χ2v) is 14.8. The van der Waals surface area contributed by atoms with Gasteiger partial charge >= 0.3 is 0 Å². The average molecular weight is 677 g/mol. The number of thiazole rings is 1. The molecule has 0 spiro atoms. The largest absolute Gasteiger partial charge is 0.283 e. The molecule has 0 fully saturated rings. The van der Waals surface area contributed by atoms with Crippen LogP contribution in [0.3, 0.4) is 0 Å². The molecule has 2 nitrogen and oxygen atoms in total. The molecule has 0 saturated carbocycles. The Labute approximate surface area is 302 Å². The van der Waals surface area contributed by atoms with Crippen molar-refractivity contribution in [3.63, 3.8) is 0 Å². The van der Waals surface area contributed by atoms with Gasteiger partial charge in [0.1, 0.15) is 0 Å². The zero-order valence-corrected chi connectivity index (χ0v) is 28.8. The summed E-state index contributed by atoms with van der Waals surface area (Å²) in [6, 6.07) is 62.9. The van der Waals surface area contributed by atoms with Crippen LogP contribution >= 0.6 is 11.3 Å². The first-order chi connectivity index (χ1) is 25.8. The maximum atomic E-state index is 5.27. The fraction of sp³-hybridized carbons (Fsp3) is 0. The Morgan fingerprint density at radius 1 is 0.365 bits per heavy atom. The second kappa shape index (κ2) is 10.5. The smallest absolute Gasteiger partial charge is 0.195 e. The molecule has 10 aromatic rings. The van der Waals surface area contributed by atoms with Gasteiger partial charge in [-0.2, -0.15) is 0 Å². The van der Waals surface area contributed by atoms with Gasteiger partial charge in [-0.05, 0) is 106 Å². The number of nitrogens with zero attached hydrogens (tertiary/aromatic N) is 2. The van der Waals surface area contributed by atoms with Crippen molar-refractivity contribution >= 4 is 102 Å². The lowest BCUT2D eigenvalue weighted by molar-refractivity contribution is 1.35. The van der Waals surface area contributed by atoms with Crippen LogP contribution in [0.2, 0.25) is 0 Å². The van der Waals surface area contributed by atoms with E-state index < -0.39 is 0 Å². The van der Waals surface area contributed by atoms with Crippen molar-refractivity contribution in [1.82, 2.24) is 9.38 Å². The number of fused-ring (bicyclic) bond motifs is 15. The van der Waals surface area contributed by atoms with Crippen molar-refractivity contribution in [2.24, 2.45) is 0 Å². The molecule has 0 unspecified atom stereocenters. The van der Waals surface area contributed by atoms with Gasteiger partial charge in [0.2, 0.25) is 0 Å². The van der Waals surface area contributed by atoms with Crippen molar-refractivity contribution in [2.45, 2.75) is 0 Å². The molecule has 2 aromatic heterocycles. The van der Waals surface area contributed by atoms with Gasteiger partial charge in [0.25, 0.3) is 0 Å². The van der Waals surface area contributed by atoms with E-state index in [0.29, 0.717) is 0 Å². The van der Waals surface area contributed by atoms with Crippen LogP contribution in [-0.2, 0) is 0 Å². The molecule has 0 saturated heterocycles. The zero-order chi connectivity index (χ0) is 33.9. The Kier molecular flexibility index (Phi) is 5.68. The van der Waals surface area contributed by atoms with Crippen LogP contribution in [0.5, 0.6) is 0 Å². The van der Waals surface area contributed by atoms with Gasteiger partial charge in [-0.1, -0.05) is 157 Å². The minimum absolute atomic E-state index is 1.02. The molecule has 0 bridgehead atoms. The maximum Gasteiger partial charge on any atom is 0.195 e. The molecular weight excluding hydrogens is 649 g/mol. The molecule has 2 aliphatic rings. The van der Waals surface area contributed by atoms with Crippen LogP contribution in [0.25, 0.3) is 113 Å². The number of para-hydroxylation sites is 2. The van der Waals surface area contributed by atoms with Crippen molar-refractivity contribution in [2.75, 3.05) is 0 Å². The number of hydrogen-bond donors (Lipinski definition) is 0. The quantitative estimate of drug-likeness (QED) is 0.169. The van der Waals surface area contributed by atoms with E-state index in [9.17, 15) is 0 Å². The number of hydrogen-bond acceptors (Lipinski definition) is 2. The highest BCUT2D eigenvalue weighted by Gasteiger charge is 2.20. The third-order valence-corrected chi connectivity index (χ3v) is 12.2. The first-order valence-electron chi connectivity index (χ1n) is 17.8. The molecule has 240 valence electrons. The van der Waals surface area contributed by atoms with Gasteiger partial charge in [0, 0.05) is 5.56 Å². The van der Waals surface area contributed by atoms with Gasteiger partial charge < -0.3 is 0 Å². The normalized spacial score (nSPS) is 12.2. The standard InChI is InChI=1S/C49H28N2S/c1-4-15-34-31(12-1)32-13-2-5-16-35(32)40-21-10-22-41-42-28-29(30-18-11-24-44-48(30)50-49-51(44)43-23-7-8-25-45(43)52-49)26-27-37(42)33-14-3-6-17-36(33)39-20-9-19-38(34)46(39)47(40)41/h1-28H. The Hall–Kier alpha value is -6.55. The summed E-state index contributed by atoms with van der Waals surface area (Å²) in [6.07, 6.45) is 0. The van der Waals surface area contributed by atoms with E-state index in [1.165, 1.54) is 91.5 Å². The Morgan fingerprint density at radius 3 is 1.40 bits per heavy atom. The summed E-state index contributed by atoms with van der Waals surface area (Å²) in [6.45, 7) is 0. The SMILES string of the molecule is c1ccc2c(c1)sc1nc3c(-c4ccc5c(c4)c4cccc6c4-c4c(cccc4c4ccccc45)c4ccccc4c4ccccc64)cccc3n12. The van der Waals surface area contributed by atoms with Crippen LogP contribution in [0.1, 0.15) is 0 Å². The third kappa shape index (κ3) is 3.75. The van der Waals surface area contributed by atoms with Crippen LogP contribution in [0, 0.1) is 0 Å². The van der Waals surface area contributed by atoms with Crippen LogP contribution in [-0.4, -0.2) is 9.38 Å². The van der Waals surface area contributed by atoms with Crippen LogP contribution in [0.4, 0.5) is 0 Å². The molecule has 8 aromatic carbocycles. The summed E-state index contributed by atoms with van der Waals surface area (Å²) in [4.78, 5) is 6.29. The van der Waals surface area contributed by atoms with E-state index in [2.05, 4.69) is 174 Å². The number of aromatic nitrogens is 2. The third-order valence-electron chi connectivity index (χ3n) is 11.2. The lowest BCUT2D eigenvalue weighted by Gasteiger charge is -2.19. The lowest BCUT2D eigenvalue weighted by Crippen LogP contribution is -1.92. The van der Waals surface area contributed by atoms with Crippen molar-refractivity contribution in [3.8, 4) is 22.3 Å². The predicted octanol–water partition coefficient (Wildman–Crippen LogP) is 14.0. The Bertz CT molecular complexity index is 3480. The fourth-order valence-corrected chi connectivity index (χ4v) is 10.0. The van der Waals surface area contributed by atoms with E-state index in [1.807, 2.05) is 0 Å². The Balaban J connectivity index is 1.31. The van der Waals surface area contributed by atoms with Gasteiger partial charge in [-0.25, -0.2) is 4.98 Å². The molecule has 0 amide bonds. The first kappa shape index (κ1) is 28.2. The van der Waals surface area contributed by atoms with E-state index in [0.717, 1.165) is 21.6 Å². The maximum absolute atomic E-state index is 5.27. The molecule has 12 rings (SSSR count). The molecule has 0 atom stereocenters. The van der Waals surface area contributed by atoms with Crippen molar-refractivity contribution in [3.05, 3.63) is 170 Å². The van der Waals surface area contributed by atoms with Gasteiger partial charge in [-0.15, -0.1) is 0 Å². The molecule has 0 radical (unpaired) electrons. The molecule has 0 N–H and O–H groups in total. The first-order valence-corrected chi connectivity index (χ1v) is 18.6. The molecule has 52 heavy (non-hydrogen) atoms. The number of benzene rings is 8. The molecule has 0 aliphatic heterocycles. The molecule has 2 heterocycles. The minimum atomic E-state index is 1.02. The van der Waals surface area contributed by atoms with Crippen LogP contribution < -0.4 is 0 Å². The van der Waals surface area contributed by atoms with E-state index >= 15 is 0 Å². The molecular formula is C49H28N2S. The van der Waals surface area contributed by atoms with Crippen molar-refractivity contribution in [1.29, 1.82) is 0 Å². The highest BCUT2D eigenvalue weighted by atomic mass is 32.1. The van der Waals surface area contributed by atoms with Gasteiger partial charge in [0.15, 0.2) is 4.96 Å². The average Bonchev–Trinajstić information content (AvgIpc) is 3.76. The van der Waals surface area contributed by atoms with E-state index in [-0.39, 0.29) is 0 Å². The summed E-state index contributed by atoms with van der Waals surface area (Å²) in [5, 5.41) is 15.1. The summed E-state index contributed by atoms with van der Waals surface area (Å²) in [7, 11) is 0. The number of imidazole rings is 1. The van der Waals surface area contributed by atoms with E-state index in [1.54, 1.807) is 11.3 Å². The summed E-state index contributed by atoms with van der Waals surface area (Å²) < 4.78 is 3.57. The molecule has 3 heteroatoms. The predicted molar refractivity (Wildman–Crippen MR) is 224 cm³/mol. The van der Waals surface area contributed by atoms with Gasteiger partial charge in [-0.3, -0.25) is 4.40 Å². The zero-order valence-electron chi connectivity index (χ0n) is 28.0. The molecule has 2 aliphatic carbocycles. The minimum Gasteiger partial charge on any atom is -0.283 e. The summed E-state index contributed by atoms with van der Waals surface area (Å²) >= 11 is 1.75. The number of rotatable bonds is 1. The van der Waals surface area contributed by atoms with Crippen molar-refractivity contribution < 1.29 is 0 Å². The highest BCUT2D eigenvalue weighted by Crippen LogP contribution is 2.47. The summed E-state index contributed by atoms with van der Waals surface area (Å²) in [5.74, 6) is 0. The lowest BCUT2D eigenvalue weighted by atomic mass is 9.83.